The van der Waals surface area contributed by atoms with E-state index >= 15 is 0 Å². The van der Waals surface area contributed by atoms with Gasteiger partial charge in [-0.25, -0.2) is 15.0 Å². The zero-order valence-corrected chi connectivity index (χ0v) is 15.4. The molecule has 2 aromatic heterocycles. The molecule has 0 aliphatic rings. The minimum Gasteiger partial charge on any atom is -0.497 e. The van der Waals surface area contributed by atoms with Crippen LogP contribution in [0.2, 0.25) is 0 Å². The third-order valence-corrected chi connectivity index (χ3v) is 5.07. The first-order valence-electron chi connectivity index (χ1n) is 8.32. The third kappa shape index (κ3) is 3.63. The molecule has 0 spiro atoms. The van der Waals surface area contributed by atoms with Gasteiger partial charge in [0.25, 0.3) is 5.91 Å². The maximum Gasteiger partial charge on any atom is 0.272 e. The summed E-state index contributed by atoms with van der Waals surface area (Å²) in [6.07, 6.45) is 3.08. The topological polar surface area (TPSA) is 77.0 Å². The molecule has 4 aromatic rings. The van der Waals surface area contributed by atoms with Gasteiger partial charge in [0, 0.05) is 18.9 Å². The monoisotopic (exact) mass is 376 g/mol. The lowest BCUT2D eigenvalue weighted by Gasteiger charge is -2.07. The van der Waals surface area contributed by atoms with Gasteiger partial charge in [-0.05, 0) is 29.8 Å². The highest BCUT2D eigenvalue weighted by molar-refractivity contribution is 7.21. The standard InChI is InChI=1S/C20H16N4O2S/c1-26-14-8-6-13(7-9-14)12-23-19(25)17-18(22-11-10-21-17)20-24-15-4-2-3-5-16(15)27-20/h2-11H,12H2,1H3,(H,23,25). The van der Waals surface area contributed by atoms with Crippen LogP contribution in [0.3, 0.4) is 0 Å². The second kappa shape index (κ2) is 7.51. The van der Waals surface area contributed by atoms with Crippen LogP contribution in [0, 0.1) is 0 Å². The zero-order valence-electron chi connectivity index (χ0n) is 14.5. The fourth-order valence-corrected chi connectivity index (χ4v) is 3.61. The van der Waals surface area contributed by atoms with Crippen molar-refractivity contribution in [3.63, 3.8) is 0 Å². The summed E-state index contributed by atoms with van der Waals surface area (Å²) in [5.41, 5.74) is 2.61. The van der Waals surface area contributed by atoms with Crippen LogP contribution in [0.15, 0.2) is 60.9 Å². The number of para-hydroxylation sites is 1. The Bertz CT molecular complexity index is 1060. The lowest BCUT2D eigenvalue weighted by atomic mass is 10.2. The van der Waals surface area contributed by atoms with Gasteiger partial charge in [-0.3, -0.25) is 4.79 Å². The number of carbonyl (C=O) groups excluding carboxylic acids is 1. The first kappa shape index (κ1) is 17.1. The third-order valence-electron chi connectivity index (χ3n) is 4.02. The summed E-state index contributed by atoms with van der Waals surface area (Å²) in [5.74, 6) is 0.491. The highest BCUT2D eigenvalue weighted by Crippen LogP contribution is 2.30. The molecule has 0 saturated carbocycles. The number of aromatic nitrogens is 3. The van der Waals surface area contributed by atoms with E-state index in [-0.39, 0.29) is 11.6 Å². The fraction of sp³-hybridized carbons (Fsp3) is 0.100. The summed E-state index contributed by atoms with van der Waals surface area (Å²) in [6.45, 7) is 0.388. The predicted octanol–water partition coefficient (Wildman–Crippen LogP) is 3.69. The van der Waals surface area contributed by atoms with Gasteiger partial charge in [0.2, 0.25) is 0 Å². The van der Waals surface area contributed by atoms with Crippen LogP contribution in [0.5, 0.6) is 5.75 Å². The molecule has 0 saturated heterocycles. The molecule has 0 aliphatic heterocycles. The van der Waals surface area contributed by atoms with E-state index in [9.17, 15) is 4.79 Å². The number of methoxy groups -OCH3 is 1. The molecule has 1 N–H and O–H groups in total. The van der Waals surface area contributed by atoms with E-state index in [1.165, 1.54) is 17.5 Å². The molecule has 7 heteroatoms. The second-order valence-electron chi connectivity index (χ2n) is 5.77. The van der Waals surface area contributed by atoms with Gasteiger partial charge in [-0.15, -0.1) is 11.3 Å². The smallest absolute Gasteiger partial charge is 0.272 e. The predicted molar refractivity (Wildman–Crippen MR) is 105 cm³/mol. The molecule has 0 radical (unpaired) electrons. The van der Waals surface area contributed by atoms with Crippen molar-refractivity contribution in [2.24, 2.45) is 0 Å². The first-order valence-corrected chi connectivity index (χ1v) is 9.14. The molecule has 6 nitrogen and oxygen atoms in total. The van der Waals surface area contributed by atoms with E-state index in [0.29, 0.717) is 17.2 Å². The molecule has 0 aliphatic carbocycles. The molecular weight excluding hydrogens is 360 g/mol. The number of carbonyl (C=O) groups is 1. The molecule has 1 amide bonds. The minimum absolute atomic E-state index is 0.269. The van der Waals surface area contributed by atoms with E-state index in [1.807, 2.05) is 48.5 Å². The highest BCUT2D eigenvalue weighted by atomic mass is 32.1. The summed E-state index contributed by atoms with van der Waals surface area (Å²) < 4.78 is 6.19. The maximum atomic E-state index is 12.7. The Kier molecular flexibility index (Phi) is 4.76. The number of amides is 1. The van der Waals surface area contributed by atoms with Crippen molar-refractivity contribution in [2.75, 3.05) is 7.11 Å². The molecule has 2 heterocycles. The molecule has 27 heavy (non-hydrogen) atoms. The van der Waals surface area contributed by atoms with Gasteiger partial charge < -0.3 is 10.1 Å². The number of nitrogens with zero attached hydrogens (tertiary/aromatic N) is 3. The summed E-state index contributed by atoms with van der Waals surface area (Å²) in [4.78, 5) is 25.9. The van der Waals surface area contributed by atoms with Gasteiger partial charge in [0.05, 0.1) is 17.3 Å². The molecule has 134 valence electrons. The quantitative estimate of drug-likeness (QED) is 0.575. The van der Waals surface area contributed by atoms with Crippen LogP contribution >= 0.6 is 11.3 Å². The maximum absolute atomic E-state index is 12.7. The van der Waals surface area contributed by atoms with Crippen LogP contribution in [-0.4, -0.2) is 28.0 Å². The van der Waals surface area contributed by atoms with Crippen LogP contribution < -0.4 is 10.1 Å². The first-order chi connectivity index (χ1) is 13.2. The van der Waals surface area contributed by atoms with Crippen molar-refractivity contribution in [1.29, 1.82) is 0 Å². The molecule has 2 aromatic carbocycles. The van der Waals surface area contributed by atoms with Crippen molar-refractivity contribution >= 4 is 27.5 Å². The van der Waals surface area contributed by atoms with Crippen molar-refractivity contribution in [2.45, 2.75) is 6.54 Å². The summed E-state index contributed by atoms with van der Waals surface area (Å²) >= 11 is 1.49. The van der Waals surface area contributed by atoms with E-state index in [0.717, 1.165) is 21.5 Å². The minimum atomic E-state index is -0.284. The zero-order chi connectivity index (χ0) is 18.6. The Balaban J connectivity index is 1.57. The number of thiazole rings is 1. The molecule has 0 atom stereocenters. The number of hydrogen-bond acceptors (Lipinski definition) is 6. The van der Waals surface area contributed by atoms with E-state index in [4.69, 9.17) is 4.74 Å². The van der Waals surface area contributed by atoms with Gasteiger partial charge in [0.1, 0.15) is 16.5 Å². The Morgan fingerprint density at radius 2 is 1.85 bits per heavy atom. The largest absolute Gasteiger partial charge is 0.497 e. The van der Waals surface area contributed by atoms with Crippen LogP contribution in [0.4, 0.5) is 0 Å². The summed E-state index contributed by atoms with van der Waals surface area (Å²) in [7, 11) is 1.62. The van der Waals surface area contributed by atoms with Gasteiger partial charge in [-0.1, -0.05) is 24.3 Å². The van der Waals surface area contributed by atoms with Gasteiger partial charge >= 0.3 is 0 Å². The van der Waals surface area contributed by atoms with Crippen LogP contribution in [0.1, 0.15) is 16.1 Å². The molecule has 4 rings (SSSR count). The molecular formula is C20H16N4O2S. The Morgan fingerprint density at radius 1 is 1.07 bits per heavy atom. The van der Waals surface area contributed by atoms with Crippen molar-refractivity contribution < 1.29 is 9.53 Å². The Labute approximate surface area is 159 Å². The highest BCUT2D eigenvalue weighted by Gasteiger charge is 2.18. The Hall–Kier alpha value is -3.32. The summed E-state index contributed by atoms with van der Waals surface area (Å²) in [5, 5.41) is 3.57. The summed E-state index contributed by atoms with van der Waals surface area (Å²) in [6, 6.07) is 15.4. The van der Waals surface area contributed by atoms with Crippen molar-refractivity contribution in [1.82, 2.24) is 20.3 Å². The van der Waals surface area contributed by atoms with E-state index < -0.39 is 0 Å². The fourth-order valence-electron chi connectivity index (χ4n) is 2.64. The van der Waals surface area contributed by atoms with Crippen LogP contribution in [-0.2, 0) is 6.54 Å². The average molecular weight is 376 g/mol. The van der Waals surface area contributed by atoms with Crippen molar-refractivity contribution in [3.05, 3.63) is 72.2 Å². The normalized spacial score (nSPS) is 10.7. The number of benzene rings is 2. The van der Waals surface area contributed by atoms with E-state index in [1.54, 1.807) is 13.3 Å². The molecule has 0 unspecified atom stereocenters. The van der Waals surface area contributed by atoms with Gasteiger partial charge in [-0.2, -0.15) is 0 Å². The van der Waals surface area contributed by atoms with Gasteiger partial charge in [0.15, 0.2) is 5.69 Å². The number of fused-ring (bicyclic) bond motifs is 1. The number of hydrogen-bond donors (Lipinski definition) is 1. The lowest BCUT2D eigenvalue weighted by Crippen LogP contribution is -2.24. The van der Waals surface area contributed by atoms with Crippen LogP contribution in [0.25, 0.3) is 20.9 Å². The SMILES string of the molecule is COc1ccc(CNC(=O)c2nccnc2-c2nc3ccccc3s2)cc1. The molecule has 0 bridgehead atoms. The number of nitrogens with one attached hydrogen (secondary N) is 1. The second-order valence-corrected chi connectivity index (χ2v) is 6.80. The Morgan fingerprint density at radius 3 is 2.63 bits per heavy atom. The lowest BCUT2D eigenvalue weighted by molar-refractivity contribution is 0.0946. The molecule has 0 fully saturated rings. The van der Waals surface area contributed by atoms with E-state index in [2.05, 4.69) is 20.3 Å². The number of rotatable bonds is 5. The number of ether oxygens (including phenoxy) is 1. The van der Waals surface area contributed by atoms with Crippen molar-refractivity contribution in [3.8, 4) is 16.5 Å². The average Bonchev–Trinajstić information content (AvgIpc) is 3.16.